The summed E-state index contributed by atoms with van der Waals surface area (Å²) in [5.41, 5.74) is 2.27. The molecule has 1 aliphatic rings. The number of amides is 1. The number of nitrogens with one attached hydrogen (secondary N) is 1. The summed E-state index contributed by atoms with van der Waals surface area (Å²) in [5.74, 6) is 1.13. The molecule has 22 heavy (non-hydrogen) atoms. The summed E-state index contributed by atoms with van der Waals surface area (Å²) in [6, 6.07) is 4.15. The molecule has 6 heteroatoms. The molecule has 1 unspecified atom stereocenters. The first kappa shape index (κ1) is 15.2. The first-order valence-corrected chi connectivity index (χ1v) is 8.56. The third kappa shape index (κ3) is 3.21. The summed E-state index contributed by atoms with van der Waals surface area (Å²) in [5, 5.41) is 3.90. The van der Waals surface area contributed by atoms with Gasteiger partial charge in [0.05, 0.1) is 23.8 Å². The molecule has 118 valence electrons. The standard InChI is InChI=1S/C16H21N3O2S/c1-10-12(3)19(13-6-7-13)16(18-10)22-9-15(20)17-11(2)14-5-4-8-21-14/h4-5,8,11,13H,6-7,9H2,1-3H3,(H,17,20). The summed E-state index contributed by atoms with van der Waals surface area (Å²) < 4.78 is 7.58. The number of hydrogen-bond donors (Lipinski definition) is 1. The van der Waals surface area contributed by atoms with E-state index in [1.807, 2.05) is 26.0 Å². The van der Waals surface area contributed by atoms with Crippen molar-refractivity contribution in [3.05, 3.63) is 35.5 Å². The molecule has 3 rings (SSSR count). The fourth-order valence-corrected chi connectivity index (χ4v) is 3.45. The molecule has 1 atom stereocenters. The van der Waals surface area contributed by atoms with E-state index in [-0.39, 0.29) is 11.9 Å². The van der Waals surface area contributed by atoms with Crippen LogP contribution in [0.25, 0.3) is 0 Å². The van der Waals surface area contributed by atoms with Crippen LogP contribution in [-0.4, -0.2) is 21.2 Å². The molecule has 0 aromatic carbocycles. The Balaban J connectivity index is 1.58. The molecule has 1 aliphatic carbocycles. The van der Waals surface area contributed by atoms with E-state index in [9.17, 15) is 4.79 Å². The zero-order chi connectivity index (χ0) is 15.7. The molecule has 0 bridgehead atoms. The van der Waals surface area contributed by atoms with Crippen molar-refractivity contribution in [3.63, 3.8) is 0 Å². The van der Waals surface area contributed by atoms with Crippen LogP contribution in [-0.2, 0) is 4.79 Å². The van der Waals surface area contributed by atoms with Crippen molar-refractivity contribution in [2.75, 3.05) is 5.75 Å². The number of imidazole rings is 1. The van der Waals surface area contributed by atoms with Crippen molar-refractivity contribution in [1.82, 2.24) is 14.9 Å². The molecule has 1 fully saturated rings. The van der Waals surface area contributed by atoms with Gasteiger partial charge in [0.2, 0.25) is 5.91 Å². The first-order chi connectivity index (χ1) is 10.6. The van der Waals surface area contributed by atoms with Crippen LogP contribution in [0.2, 0.25) is 0 Å². The molecule has 0 saturated heterocycles. The average molecular weight is 319 g/mol. The fraction of sp³-hybridized carbons (Fsp3) is 0.500. The lowest BCUT2D eigenvalue weighted by Gasteiger charge is -2.12. The van der Waals surface area contributed by atoms with Crippen LogP contribution in [0.1, 0.15) is 49.0 Å². The Morgan fingerprint density at radius 2 is 2.32 bits per heavy atom. The van der Waals surface area contributed by atoms with Crippen molar-refractivity contribution in [2.24, 2.45) is 0 Å². The highest BCUT2D eigenvalue weighted by molar-refractivity contribution is 7.99. The Morgan fingerprint density at radius 3 is 2.95 bits per heavy atom. The third-order valence-corrected chi connectivity index (χ3v) is 4.90. The lowest BCUT2D eigenvalue weighted by molar-refractivity contribution is -0.119. The predicted octanol–water partition coefficient (Wildman–Crippen LogP) is 3.40. The second kappa shape index (κ2) is 6.20. The highest BCUT2D eigenvalue weighted by atomic mass is 32.2. The van der Waals surface area contributed by atoms with Gasteiger partial charge in [-0.1, -0.05) is 11.8 Å². The van der Waals surface area contributed by atoms with Crippen molar-refractivity contribution in [2.45, 2.75) is 50.9 Å². The highest BCUT2D eigenvalue weighted by Gasteiger charge is 2.28. The van der Waals surface area contributed by atoms with E-state index in [0.717, 1.165) is 16.6 Å². The van der Waals surface area contributed by atoms with E-state index in [0.29, 0.717) is 11.8 Å². The van der Waals surface area contributed by atoms with Gasteiger partial charge in [-0.25, -0.2) is 4.98 Å². The van der Waals surface area contributed by atoms with Crippen LogP contribution in [0.4, 0.5) is 0 Å². The topological polar surface area (TPSA) is 60.1 Å². The molecule has 0 aliphatic heterocycles. The van der Waals surface area contributed by atoms with Crippen LogP contribution in [0.5, 0.6) is 0 Å². The van der Waals surface area contributed by atoms with Gasteiger partial charge < -0.3 is 14.3 Å². The van der Waals surface area contributed by atoms with E-state index in [4.69, 9.17) is 4.42 Å². The van der Waals surface area contributed by atoms with Crippen molar-refractivity contribution >= 4 is 17.7 Å². The molecule has 1 saturated carbocycles. The van der Waals surface area contributed by atoms with Crippen LogP contribution in [0.15, 0.2) is 28.0 Å². The van der Waals surface area contributed by atoms with Gasteiger partial charge >= 0.3 is 0 Å². The zero-order valence-corrected chi connectivity index (χ0v) is 13.9. The molecule has 2 aromatic heterocycles. The number of carbonyl (C=O) groups excluding carboxylic acids is 1. The van der Waals surface area contributed by atoms with E-state index in [1.165, 1.54) is 30.3 Å². The smallest absolute Gasteiger partial charge is 0.231 e. The van der Waals surface area contributed by atoms with Gasteiger partial charge in [0.25, 0.3) is 0 Å². The van der Waals surface area contributed by atoms with Crippen molar-refractivity contribution in [3.8, 4) is 0 Å². The Kier molecular flexibility index (Phi) is 4.29. The van der Waals surface area contributed by atoms with E-state index >= 15 is 0 Å². The summed E-state index contributed by atoms with van der Waals surface area (Å²) in [4.78, 5) is 16.7. The van der Waals surface area contributed by atoms with Gasteiger partial charge in [0, 0.05) is 11.7 Å². The number of nitrogens with zero attached hydrogens (tertiary/aromatic N) is 2. The van der Waals surface area contributed by atoms with E-state index in [2.05, 4.69) is 21.8 Å². The number of carbonyl (C=O) groups is 1. The van der Waals surface area contributed by atoms with E-state index in [1.54, 1.807) is 6.26 Å². The quantitative estimate of drug-likeness (QED) is 0.829. The number of rotatable bonds is 6. The van der Waals surface area contributed by atoms with Gasteiger partial charge in [-0.2, -0.15) is 0 Å². The maximum atomic E-state index is 12.1. The van der Waals surface area contributed by atoms with Crippen LogP contribution >= 0.6 is 11.8 Å². The van der Waals surface area contributed by atoms with Gasteiger partial charge in [-0.05, 0) is 45.7 Å². The average Bonchev–Trinajstić information content (AvgIpc) is 3.07. The first-order valence-electron chi connectivity index (χ1n) is 7.57. The fourth-order valence-electron chi connectivity index (χ4n) is 2.48. The Labute approximate surface area is 134 Å². The zero-order valence-electron chi connectivity index (χ0n) is 13.1. The van der Waals surface area contributed by atoms with Gasteiger partial charge in [-0.3, -0.25) is 4.79 Å². The van der Waals surface area contributed by atoms with Crippen molar-refractivity contribution in [1.29, 1.82) is 0 Å². The molecule has 5 nitrogen and oxygen atoms in total. The molecule has 2 heterocycles. The second-order valence-electron chi connectivity index (χ2n) is 5.76. The summed E-state index contributed by atoms with van der Waals surface area (Å²) in [6.07, 6.45) is 4.04. The Bertz CT molecular complexity index is 659. The lowest BCUT2D eigenvalue weighted by Crippen LogP contribution is -2.28. The molecular formula is C16H21N3O2S. The summed E-state index contributed by atoms with van der Waals surface area (Å²) in [6.45, 7) is 6.04. The minimum atomic E-state index is -0.116. The number of hydrogen-bond acceptors (Lipinski definition) is 4. The number of thioether (sulfide) groups is 1. The minimum absolute atomic E-state index is 0.00504. The van der Waals surface area contributed by atoms with Gasteiger partial charge in [0.1, 0.15) is 5.76 Å². The molecule has 1 amide bonds. The maximum absolute atomic E-state index is 12.1. The normalized spacial score (nSPS) is 15.8. The van der Waals surface area contributed by atoms with E-state index < -0.39 is 0 Å². The summed E-state index contributed by atoms with van der Waals surface area (Å²) >= 11 is 1.51. The van der Waals surface area contributed by atoms with Crippen molar-refractivity contribution < 1.29 is 9.21 Å². The molecule has 1 N–H and O–H groups in total. The van der Waals surface area contributed by atoms with Crippen LogP contribution in [0.3, 0.4) is 0 Å². The number of furan rings is 1. The van der Waals surface area contributed by atoms with Crippen LogP contribution < -0.4 is 5.32 Å². The molecular weight excluding hydrogens is 298 g/mol. The van der Waals surface area contributed by atoms with Gasteiger partial charge in [0.15, 0.2) is 5.16 Å². The van der Waals surface area contributed by atoms with Gasteiger partial charge in [-0.15, -0.1) is 0 Å². The lowest BCUT2D eigenvalue weighted by atomic mass is 10.2. The number of aromatic nitrogens is 2. The Morgan fingerprint density at radius 1 is 1.55 bits per heavy atom. The monoisotopic (exact) mass is 319 g/mol. The third-order valence-electron chi connectivity index (χ3n) is 3.95. The van der Waals surface area contributed by atoms with Crippen LogP contribution in [0, 0.1) is 13.8 Å². The maximum Gasteiger partial charge on any atom is 0.231 e. The molecule has 2 aromatic rings. The predicted molar refractivity (Wildman–Crippen MR) is 86.0 cm³/mol. The number of aryl methyl sites for hydroxylation is 1. The SMILES string of the molecule is Cc1nc(SCC(=O)NC(C)c2ccco2)n(C2CC2)c1C. The highest BCUT2D eigenvalue weighted by Crippen LogP contribution is 2.39. The summed E-state index contributed by atoms with van der Waals surface area (Å²) in [7, 11) is 0. The Hall–Kier alpha value is -1.69. The minimum Gasteiger partial charge on any atom is -0.467 e. The molecule has 0 radical (unpaired) electrons. The second-order valence-corrected chi connectivity index (χ2v) is 6.70. The molecule has 0 spiro atoms. The largest absolute Gasteiger partial charge is 0.467 e.